The largest absolute Gasteiger partial charge is 0.481 e. The van der Waals surface area contributed by atoms with Crippen LogP contribution in [0.3, 0.4) is 0 Å². The molecule has 2 saturated carbocycles. The highest BCUT2D eigenvalue weighted by Crippen LogP contribution is 2.51. The first kappa shape index (κ1) is 12.9. The van der Waals surface area contributed by atoms with E-state index < -0.39 is 5.97 Å². The number of hydrogen-bond donors (Lipinski definition) is 1. The van der Waals surface area contributed by atoms with E-state index in [0.29, 0.717) is 11.3 Å². The third kappa shape index (κ3) is 2.83. The summed E-state index contributed by atoms with van der Waals surface area (Å²) in [5.74, 6) is 0.892. The number of hydrogen-bond acceptors (Lipinski definition) is 1. The van der Waals surface area contributed by atoms with E-state index in [1.54, 1.807) is 0 Å². The number of rotatable bonds is 3. The van der Waals surface area contributed by atoms with Crippen LogP contribution < -0.4 is 0 Å². The minimum Gasteiger partial charge on any atom is -0.481 e. The zero-order chi connectivity index (χ0) is 12.7. The summed E-state index contributed by atoms with van der Waals surface area (Å²) in [6.07, 6.45) is 7.47. The third-order valence-corrected chi connectivity index (χ3v) is 5.00. The quantitative estimate of drug-likeness (QED) is 0.804. The lowest BCUT2D eigenvalue weighted by Gasteiger charge is -2.42. The summed E-state index contributed by atoms with van der Waals surface area (Å²) < 4.78 is 0. The molecule has 0 atom stereocenters. The molecule has 2 aliphatic carbocycles. The van der Waals surface area contributed by atoms with Crippen molar-refractivity contribution in [3.63, 3.8) is 0 Å². The van der Waals surface area contributed by atoms with Gasteiger partial charge in [0.1, 0.15) is 0 Å². The monoisotopic (exact) mass is 238 g/mol. The van der Waals surface area contributed by atoms with Crippen LogP contribution in [0.2, 0.25) is 0 Å². The van der Waals surface area contributed by atoms with E-state index in [1.165, 1.54) is 12.8 Å². The average molecular weight is 238 g/mol. The summed E-state index contributed by atoms with van der Waals surface area (Å²) in [4.78, 5) is 11.6. The van der Waals surface area contributed by atoms with Gasteiger partial charge in [-0.25, -0.2) is 0 Å². The zero-order valence-corrected chi connectivity index (χ0v) is 11.5. The summed E-state index contributed by atoms with van der Waals surface area (Å²) in [7, 11) is 0. The predicted molar refractivity (Wildman–Crippen MR) is 68.8 cm³/mol. The van der Waals surface area contributed by atoms with Gasteiger partial charge in [-0.3, -0.25) is 4.79 Å². The molecular formula is C15H26O2. The van der Waals surface area contributed by atoms with Gasteiger partial charge in [0.05, 0.1) is 5.41 Å². The van der Waals surface area contributed by atoms with Crippen molar-refractivity contribution in [2.75, 3.05) is 0 Å². The van der Waals surface area contributed by atoms with Crippen molar-refractivity contribution in [3.8, 4) is 0 Å². The van der Waals surface area contributed by atoms with Gasteiger partial charge < -0.3 is 5.11 Å². The third-order valence-electron chi connectivity index (χ3n) is 5.00. The molecule has 0 radical (unpaired) electrons. The van der Waals surface area contributed by atoms with Gasteiger partial charge in [0.2, 0.25) is 0 Å². The van der Waals surface area contributed by atoms with Crippen molar-refractivity contribution in [2.24, 2.45) is 22.7 Å². The standard InChI is InChI=1S/C15H26O2/c1-14(2,3)12-6-8-15(9-7-12,13(16)17)10-11-4-5-11/h11-12H,4-10H2,1-3H3,(H,16,17). The summed E-state index contributed by atoms with van der Waals surface area (Å²) in [5.41, 5.74) is -0.0346. The van der Waals surface area contributed by atoms with Crippen LogP contribution in [-0.4, -0.2) is 11.1 Å². The second kappa shape index (κ2) is 4.29. The molecule has 0 heterocycles. The van der Waals surface area contributed by atoms with Gasteiger partial charge in [0, 0.05) is 0 Å². The van der Waals surface area contributed by atoms with E-state index in [-0.39, 0.29) is 5.41 Å². The van der Waals surface area contributed by atoms with Gasteiger partial charge in [0.25, 0.3) is 0 Å². The van der Waals surface area contributed by atoms with E-state index in [2.05, 4.69) is 20.8 Å². The molecule has 17 heavy (non-hydrogen) atoms. The highest BCUT2D eigenvalue weighted by atomic mass is 16.4. The fourth-order valence-electron chi connectivity index (χ4n) is 3.42. The van der Waals surface area contributed by atoms with Crippen molar-refractivity contribution in [3.05, 3.63) is 0 Å². The Bertz CT molecular complexity index is 289. The van der Waals surface area contributed by atoms with Crippen LogP contribution >= 0.6 is 0 Å². The first-order valence-corrected chi connectivity index (χ1v) is 7.07. The van der Waals surface area contributed by atoms with E-state index in [9.17, 15) is 9.90 Å². The lowest BCUT2D eigenvalue weighted by Crippen LogP contribution is -2.38. The Labute approximate surface area is 105 Å². The maximum Gasteiger partial charge on any atom is 0.309 e. The molecule has 0 aromatic carbocycles. The van der Waals surface area contributed by atoms with Gasteiger partial charge >= 0.3 is 5.97 Å². The van der Waals surface area contributed by atoms with Crippen molar-refractivity contribution < 1.29 is 9.90 Å². The molecule has 1 N–H and O–H groups in total. The van der Waals surface area contributed by atoms with Crippen LogP contribution in [0.25, 0.3) is 0 Å². The van der Waals surface area contributed by atoms with Crippen molar-refractivity contribution in [1.82, 2.24) is 0 Å². The molecule has 0 aliphatic heterocycles. The van der Waals surface area contributed by atoms with E-state index in [0.717, 1.165) is 38.0 Å². The van der Waals surface area contributed by atoms with Crippen molar-refractivity contribution in [1.29, 1.82) is 0 Å². The smallest absolute Gasteiger partial charge is 0.309 e. The lowest BCUT2D eigenvalue weighted by molar-refractivity contribution is -0.153. The number of carboxylic acids is 1. The first-order chi connectivity index (χ1) is 7.83. The molecule has 2 aliphatic rings. The summed E-state index contributed by atoms with van der Waals surface area (Å²) in [6.45, 7) is 6.85. The Morgan fingerprint density at radius 3 is 2.06 bits per heavy atom. The van der Waals surface area contributed by atoms with E-state index in [1.807, 2.05) is 0 Å². The summed E-state index contributed by atoms with van der Waals surface area (Å²) >= 11 is 0. The highest BCUT2D eigenvalue weighted by Gasteiger charge is 2.46. The second-order valence-corrected chi connectivity index (χ2v) is 7.37. The molecule has 0 aromatic heterocycles. The fourth-order valence-corrected chi connectivity index (χ4v) is 3.42. The number of carbonyl (C=O) groups is 1. The maximum absolute atomic E-state index is 11.6. The molecule has 2 heteroatoms. The van der Waals surface area contributed by atoms with Crippen LogP contribution in [-0.2, 0) is 4.79 Å². The molecule has 0 unspecified atom stereocenters. The molecule has 0 bridgehead atoms. The van der Waals surface area contributed by atoms with E-state index in [4.69, 9.17) is 0 Å². The molecule has 0 aromatic rings. The van der Waals surface area contributed by atoms with Gasteiger partial charge in [-0.1, -0.05) is 33.6 Å². The van der Waals surface area contributed by atoms with Crippen LogP contribution in [0.5, 0.6) is 0 Å². The summed E-state index contributed by atoms with van der Waals surface area (Å²) in [6, 6.07) is 0. The average Bonchev–Trinajstić information content (AvgIpc) is 3.00. The fraction of sp³-hybridized carbons (Fsp3) is 0.933. The molecule has 2 rings (SSSR count). The lowest BCUT2D eigenvalue weighted by atomic mass is 9.62. The SMILES string of the molecule is CC(C)(C)C1CCC(CC2CC2)(C(=O)O)CC1. The van der Waals surface area contributed by atoms with Gasteiger partial charge in [-0.05, 0) is 49.4 Å². The van der Waals surface area contributed by atoms with Gasteiger partial charge in [-0.15, -0.1) is 0 Å². The zero-order valence-electron chi connectivity index (χ0n) is 11.5. The Morgan fingerprint density at radius 1 is 1.18 bits per heavy atom. The van der Waals surface area contributed by atoms with E-state index >= 15 is 0 Å². The molecular weight excluding hydrogens is 212 g/mol. The molecule has 2 fully saturated rings. The first-order valence-electron chi connectivity index (χ1n) is 7.07. The Kier molecular flexibility index (Phi) is 3.26. The van der Waals surface area contributed by atoms with Gasteiger partial charge in [-0.2, -0.15) is 0 Å². The molecule has 98 valence electrons. The maximum atomic E-state index is 11.6. The summed E-state index contributed by atoms with van der Waals surface area (Å²) in [5, 5.41) is 9.55. The normalized spacial score (nSPS) is 34.6. The Hall–Kier alpha value is -0.530. The van der Waals surface area contributed by atoms with Crippen LogP contribution in [0.4, 0.5) is 0 Å². The molecule has 0 spiro atoms. The highest BCUT2D eigenvalue weighted by molar-refractivity contribution is 5.74. The predicted octanol–water partition coefficient (Wildman–Crippen LogP) is 4.09. The Balaban J connectivity index is 2.00. The topological polar surface area (TPSA) is 37.3 Å². The van der Waals surface area contributed by atoms with Crippen molar-refractivity contribution in [2.45, 2.75) is 65.7 Å². The Morgan fingerprint density at radius 2 is 1.71 bits per heavy atom. The molecule has 0 amide bonds. The van der Waals surface area contributed by atoms with Crippen LogP contribution in [0.1, 0.15) is 65.7 Å². The minimum atomic E-state index is -0.531. The van der Waals surface area contributed by atoms with Crippen molar-refractivity contribution >= 4 is 5.97 Å². The van der Waals surface area contributed by atoms with Gasteiger partial charge in [0.15, 0.2) is 0 Å². The molecule has 0 saturated heterocycles. The number of carboxylic acid groups (broad SMARTS) is 1. The molecule has 2 nitrogen and oxygen atoms in total. The minimum absolute atomic E-state index is 0.338. The number of aliphatic carboxylic acids is 1. The van der Waals surface area contributed by atoms with Crippen LogP contribution in [0, 0.1) is 22.7 Å². The second-order valence-electron chi connectivity index (χ2n) is 7.37. The van der Waals surface area contributed by atoms with Crippen LogP contribution in [0.15, 0.2) is 0 Å².